The average molecular weight is 358 g/mol. The minimum absolute atomic E-state index is 0.0568. The molecule has 1 aromatic rings. The number of hydrogen-bond acceptors (Lipinski definition) is 2. The monoisotopic (exact) mass is 358 g/mol. The Labute approximate surface area is 110 Å². The van der Waals surface area contributed by atoms with Crippen molar-refractivity contribution in [3.8, 4) is 5.75 Å². The van der Waals surface area contributed by atoms with Crippen LogP contribution >= 0.6 is 22.6 Å². The SMILES string of the molecule is CCOc1ccc(C(C)=O)c(I)c1C(F)(F)F. The molecular weight excluding hydrogens is 348 g/mol. The first kappa shape index (κ1) is 14.3. The third-order valence-electron chi connectivity index (χ3n) is 2.07. The molecule has 0 saturated carbocycles. The van der Waals surface area contributed by atoms with Crippen LogP contribution in [0.2, 0.25) is 0 Å². The molecule has 0 aliphatic rings. The highest BCUT2D eigenvalue weighted by atomic mass is 127. The zero-order valence-electron chi connectivity index (χ0n) is 9.19. The molecule has 0 radical (unpaired) electrons. The van der Waals surface area contributed by atoms with Crippen LogP contribution < -0.4 is 4.74 Å². The number of ketones is 1. The summed E-state index contributed by atoms with van der Waals surface area (Å²) in [5.41, 5.74) is -0.825. The van der Waals surface area contributed by atoms with Crippen LogP contribution in [-0.2, 0) is 6.18 Å². The van der Waals surface area contributed by atoms with Crippen molar-refractivity contribution >= 4 is 28.4 Å². The summed E-state index contributed by atoms with van der Waals surface area (Å²) in [7, 11) is 0. The molecule has 0 aliphatic heterocycles. The van der Waals surface area contributed by atoms with Gasteiger partial charge < -0.3 is 4.74 Å². The molecule has 1 aromatic carbocycles. The fourth-order valence-electron chi connectivity index (χ4n) is 1.37. The minimum atomic E-state index is -4.54. The fourth-order valence-corrected chi connectivity index (χ4v) is 2.50. The van der Waals surface area contributed by atoms with E-state index < -0.39 is 17.5 Å². The molecule has 0 aliphatic carbocycles. The summed E-state index contributed by atoms with van der Waals surface area (Å²) in [6, 6.07) is 2.54. The number of halogens is 4. The molecule has 6 heteroatoms. The van der Waals surface area contributed by atoms with E-state index in [2.05, 4.69) is 0 Å². The molecule has 0 aromatic heterocycles. The number of alkyl halides is 3. The van der Waals surface area contributed by atoms with Gasteiger partial charge in [-0.1, -0.05) is 0 Å². The van der Waals surface area contributed by atoms with Crippen LogP contribution in [0.4, 0.5) is 13.2 Å². The Bertz CT molecular complexity index is 441. The van der Waals surface area contributed by atoms with E-state index in [0.717, 1.165) is 0 Å². The molecule has 0 unspecified atom stereocenters. The summed E-state index contributed by atoms with van der Waals surface area (Å²) in [6.45, 7) is 2.97. The van der Waals surface area contributed by atoms with E-state index in [9.17, 15) is 18.0 Å². The zero-order valence-corrected chi connectivity index (χ0v) is 11.3. The highest BCUT2D eigenvalue weighted by Gasteiger charge is 2.38. The second-order valence-electron chi connectivity index (χ2n) is 3.29. The van der Waals surface area contributed by atoms with Gasteiger partial charge in [0.25, 0.3) is 0 Å². The molecule has 0 heterocycles. The van der Waals surface area contributed by atoms with Gasteiger partial charge in [-0.25, -0.2) is 0 Å². The van der Waals surface area contributed by atoms with E-state index in [-0.39, 0.29) is 21.5 Å². The summed E-state index contributed by atoms with van der Waals surface area (Å²) in [5, 5.41) is 0. The lowest BCUT2D eigenvalue weighted by atomic mass is 10.1. The maximum Gasteiger partial charge on any atom is 0.421 e. The second kappa shape index (κ2) is 5.24. The third kappa shape index (κ3) is 3.11. The van der Waals surface area contributed by atoms with Crippen molar-refractivity contribution in [1.82, 2.24) is 0 Å². The summed E-state index contributed by atoms with van der Waals surface area (Å²) in [6.07, 6.45) is -4.54. The Morgan fingerprint density at radius 2 is 2.00 bits per heavy atom. The lowest BCUT2D eigenvalue weighted by molar-refractivity contribution is -0.139. The van der Waals surface area contributed by atoms with Gasteiger partial charge in [0.2, 0.25) is 0 Å². The van der Waals surface area contributed by atoms with Crippen molar-refractivity contribution in [3.05, 3.63) is 26.8 Å². The number of ether oxygens (including phenoxy) is 1. The van der Waals surface area contributed by atoms with Crippen LogP contribution in [0.3, 0.4) is 0 Å². The van der Waals surface area contributed by atoms with Crippen molar-refractivity contribution in [3.63, 3.8) is 0 Å². The van der Waals surface area contributed by atoms with Crippen LogP contribution in [0, 0.1) is 3.57 Å². The molecule has 0 bridgehead atoms. The van der Waals surface area contributed by atoms with Crippen molar-refractivity contribution in [2.24, 2.45) is 0 Å². The highest BCUT2D eigenvalue weighted by Crippen LogP contribution is 2.40. The lowest BCUT2D eigenvalue weighted by Crippen LogP contribution is -2.13. The zero-order chi connectivity index (χ0) is 13.2. The van der Waals surface area contributed by atoms with Gasteiger partial charge in [-0.15, -0.1) is 0 Å². The number of carbonyl (C=O) groups is 1. The molecule has 0 fully saturated rings. The Hall–Kier alpha value is -0.790. The Morgan fingerprint density at radius 3 is 2.41 bits per heavy atom. The number of benzene rings is 1. The quantitative estimate of drug-likeness (QED) is 0.605. The Kier molecular flexibility index (Phi) is 4.40. The van der Waals surface area contributed by atoms with Gasteiger partial charge >= 0.3 is 6.18 Å². The largest absolute Gasteiger partial charge is 0.493 e. The molecule has 0 saturated heterocycles. The first-order valence-electron chi connectivity index (χ1n) is 4.82. The first-order valence-corrected chi connectivity index (χ1v) is 5.90. The number of hydrogen-bond donors (Lipinski definition) is 0. The van der Waals surface area contributed by atoms with Crippen LogP contribution in [0.5, 0.6) is 5.75 Å². The topological polar surface area (TPSA) is 26.3 Å². The molecule has 0 amide bonds. The molecule has 0 atom stereocenters. The van der Waals surface area contributed by atoms with Gasteiger partial charge in [-0.05, 0) is 48.6 Å². The molecule has 94 valence electrons. The van der Waals surface area contributed by atoms with E-state index in [1.165, 1.54) is 41.6 Å². The van der Waals surface area contributed by atoms with Crippen LogP contribution in [0.1, 0.15) is 29.8 Å². The van der Waals surface area contributed by atoms with Crippen LogP contribution in [0.25, 0.3) is 0 Å². The van der Waals surface area contributed by atoms with Gasteiger partial charge in [0, 0.05) is 9.13 Å². The van der Waals surface area contributed by atoms with Gasteiger partial charge in [-0.3, -0.25) is 4.79 Å². The highest BCUT2D eigenvalue weighted by molar-refractivity contribution is 14.1. The van der Waals surface area contributed by atoms with Crippen LogP contribution in [-0.4, -0.2) is 12.4 Å². The third-order valence-corrected chi connectivity index (χ3v) is 3.19. The summed E-state index contributed by atoms with van der Waals surface area (Å²) in [5.74, 6) is -0.641. The minimum Gasteiger partial charge on any atom is -0.493 e. The standard InChI is InChI=1S/C11H10F3IO2/c1-3-17-8-5-4-7(6(2)16)10(15)9(8)11(12,13)14/h4-5H,3H2,1-2H3. The molecular formula is C11H10F3IO2. The van der Waals surface area contributed by atoms with Crippen molar-refractivity contribution in [2.45, 2.75) is 20.0 Å². The van der Waals surface area contributed by atoms with Crippen molar-refractivity contribution < 1.29 is 22.7 Å². The smallest absolute Gasteiger partial charge is 0.421 e. The molecule has 17 heavy (non-hydrogen) atoms. The van der Waals surface area contributed by atoms with Crippen LogP contribution in [0.15, 0.2) is 12.1 Å². The molecule has 2 nitrogen and oxygen atoms in total. The van der Waals surface area contributed by atoms with E-state index in [1.54, 1.807) is 6.92 Å². The Balaban J connectivity index is 3.48. The molecule has 1 rings (SSSR count). The predicted octanol–water partition coefficient (Wildman–Crippen LogP) is 3.91. The van der Waals surface area contributed by atoms with Crippen molar-refractivity contribution in [2.75, 3.05) is 6.61 Å². The van der Waals surface area contributed by atoms with Gasteiger partial charge in [0.05, 0.1) is 6.61 Å². The van der Waals surface area contributed by atoms with E-state index >= 15 is 0 Å². The van der Waals surface area contributed by atoms with E-state index in [4.69, 9.17) is 4.74 Å². The molecule has 0 spiro atoms. The van der Waals surface area contributed by atoms with Gasteiger partial charge in [0.1, 0.15) is 11.3 Å². The maximum atomic E-state index is 12.9. The predicted molar refractivity (Wildman–Crippen MR) is 65.3 cm³/mol. The summed E-state index contributed by atoms with van der Waals surface area (Å²) < 4.78 is 43.5. The average Bonchev–Trinajstić information content (AvgIpc) is 2.15. The van der Waals surface area contributed by atoms with Gasteiger partial charge in [0.15, 0.2) is 5.78 Å². The van der Waals surface area contributed by atoms with E-state index in [1.807, 2.05) is 0 Å². The maximum absolute atomic E-state index is 12.9. The van der Waals surface area contributed by atoms with Gasteiger partial charge in [-0.2, -0.15) is 13.2 Å². The normalized spacial score (nSPS) is 11.4. The first-order chi connectivity index (χ1) is 7.79. The van der Waals surface area contributed by atoms with E-state index in [0.29, 0.717) is 0 Å². The number of Topliss-reactive ketones (excluding diaryl/α,β-unsaturated/α-hetero) is 1. The second-order valence-corrected chi connectivity index (χ2v) is 4.37. The fraction of sp³-hybridized carbons (Fsp3) is 0.364. The summed E-state index contributed by atoms with van der Waals surface area (Å²) >= 11 is 1.53. The lowest BCUT2D eigenvalue weighted by Gasteiger charge is -2.16. The van der Waals surface area contributed by atoms with Crippen molar-refractivity contribution in [1.29, 1.82) is 0 Å². The number of rotatable bonds is 3. The summed E-state index contributed by atoms with van der Waals surface area (Å²) in [4.78, 5) is 11.2. The molecule has 0 N–H and O–H groups in total. The number of carbonyl (C=O) groups excluding carboxylic acids is 1. The Morgan fingerprint density at radius 1 is 1.41 bits per heavy atom.